The summed E-state index contributed by atoms with van der Waals surface area (Å²) in [5.41, 5.74) is 0.591. The van der Waals surface area contributed by atoms with Crippen LogP contribution in [0.1, 0.15) is 37.7 Å². The van der Waals surface area contributed by atoms with E-state index in [0.717, 1.165) is 5.56 Å². The molecule has 0 aliphatic rings. The van der Waals surface area contributed by atoms with E-state index in [-0.39, 0.29) is 24.3 Å². The highest BCUT2D eigenvalue weighted by atomic mass is 32.1. The number of carboxylic acid groups (broad SMARTS) is 1. The number of nitrogens with one attached hydrogen (secondary N) is 1. The summed E-state index contributed by atoms with van der Waals surface area (Å²) in [7, 11) is 0. The van der Waals surface area contributed by atoms with Crippen molar-refractivity contribution in [3.8, 4) is 10.6 Å². The maximum Gasteiger partial charge on any atom is 0.326 e. The molecule has 2 heterocycles. The Morgan fingerprint density at radius 2 is 2.21 bits per heavy atom. The molecule has 0 radical (unpaired) electrons. The number of ether oxygens (including phenoxy) is 1. The van der Waals surface area contributed by atoms with E-state index in [1.54, 1.807) is 11.4 Å². The molecule has 2 N–H and O–H groups in total. The molecule has 0 bridgehead atoms. The van der Waals surface area contributed by atoms with Gasteiger partial charge in [-0.3, -0.25) is 4.79 Å². The highest BCUT2D eigenvalue weighted by Gasteiger charge is 2.23. The molecule has 0 spiro atoms. The van der Waals surface area contributed by atoms with Gasteiger partial charge >= 0.3 is 5.97 Å². The Morgan fingerprint density at radius 1 is 1.46 bits per heavy atom. The number of carbonyl (C=O) groups is 2. The van der Waals surface area contributed by atoms with Gasteiger partial charge in [-0.25, -0.2) is 9.78 Å². The van der Waals surface area contributed by atoms with Crippen LogP contribution in [0.25, 0.3) is 10.6 Å². The van der Waals surface area contributed by atoms with E-state index >= 15 is 0 Å². The van der Waals surface area contributed by atoms with Crippen LogP contribution in [0.5, 0.6) is 0 Å². The third-order valence-electron chi connectivity index (χ3n) is 3.05. The van der Waals surface area contributed by atoms with E-state index in [1.165, 1.54) is 23.9 Å². The van der Waals surface area contributed by atoms with Crippen molar-refractivity contribution in [3.05, 3.63) is 29.7 Å². The van der Waals surface area contributed by atoms with E-state index in [2.05, 4.69) is 10.3 Å². The van der Waals surface area contributed by atoms with Gasteiger partial charge in [0.15, 0.2) is 0 Å². The monoisotopic (exact) mass is 352 g/mol. The van der Waals surface area contributed by atoms with Crippen LogP contribution >= 0.6 is 11.3 Å². The largest absolute Gasteiger partial charge is 0.480 e. The number of carboxylic acids is 1. The number of nitrogens with zero attached hydrogens (tertiary/aromatic N) is 1. The summed E-state index contributed by atoms with van der Waals surface area (Å²) in [6, 6.07) is 0.712. The molecule has 0 aromatic carbocycles. The van der Waals surface area contributed by atoms with Crippen LogP contribution in [0.2, 0.25) is 0 Å². The van der Waals surface area contributed by atoms with E-state index in [0.29, 0.717) is 5.01 Å². The number of aliphatic carboxylic acids is 1. The maximum atomic E-state index is 12.2. The zero-order chi connectivity index (χ0) is 17.7. The first-order valence-electron chi connectivity index (χ1n) is 7.42. The Hall–Kier alpha value is -2.19. The van der Waals surface area contributed by atoms with Gasteiger partial charge in [0.05, 0.1) is 11.9 Å². The molecule has 0 saturated carbocycles. The van der Waals surface area contributed by atoms with Crippen molar-refractivity contribution in [1.29, 1.82) is 0 Å². The zero-order valence-electron chi connectivity index (χ0n) is 13.7. The van der Waals surface area contributed by atoms with Gasteiger partial charge in [0.2, 0.25) is 0 Å². The second-order valence-corrected chi connectivity index (χ2v) is 7.02. The lowest BCUT2D eigenvalue weighted by Gasteiger charge is -2.21. The zero-order valence-corrected chi connectivity index (χ0v) is 14.6. The minimum absolute atomic E-state index is 0.178. The Labute approximate surface area is 143 Å². The lowest BCUT2D eigenvalue weighted by Crippen LogP contribution is -2.42. The number of aromatic nitrogens is 1. The topological polar surface area (TPSA) is 102 Å². The van der Waals surface area contributed by atoms with E-state index < -0.39 is 17.9 Å². The Balaban J connectivity index is 1.96. The van der Waals surface area contributed by atoms with Crippen molar-refractivity contribution in [2.45, 2.75) is 38.8 Å². The average molecular weight is 352 g/mol. The van der Waals surface area contributed by atoms with Crippen LogP contribution in [0, 0.1) is 0 Å². The van der Waals surface area contributed by atoms with Crippen molar-refractivity contribution in [1.82, 2.24) is 10.3 Å². The number of hydrogen-bond donors (Lipinski definition) is 2. The minimum atomic E-state index is -1.11. The molecule has 0 fully saturated rings. The van der Waals surface area contributed by atoms with Crippen LogP contribution in [-0.4, -0.2) is 40.2 Å². The van der Waals surface area contributed by atoms with Gasteiger partial charge < -0.3 is 19.6 Å². The lowest BCUT2D eigenvalue weighted by atomic mass is 10.1. The first kappa shape index (κ1) is 18.2. The molecule has 8 heteroatoms. The quantitative estimate of drug-likeness (QED) is 0.794. The van der Waals surface area contributed by atoms with E-state index in [1.807, 2.05) is 20.8 Å². The van der Waals surface area contributed by atoms with Crippen LogP contribution in [0.4, 0.5) is 0 Å². The number of furan rings is 1. The average Bonchev–Trinajstić information content (AvgIpc) is 3.15. The van der Waals surface area contributed by atoms with Gasteiger partial charge in [0, 0.05) is 24.0 Å². The summed E-state index contributed by atoms with van der Waals surface area (Å²) in [5, 5.41) is 14.0. The SMILES string of the molecule is CC(C)(C)OCCC(NC(=O)c1csc(-c2ccoc2)n1)C(=O)O. The summed E-state index contributed by atoms with van der Waals surface area (Å²) in [5.74, 6) is -1.63. The van der Waals surface area contributed by atoms with Gasteiger partial charge in [-0.15, -0.1) is 11.3 Å². The molecule has 7 nitrogen and oxygen atoms in total. The van der Waals surface area contributed by atoms with Crippen LogP contribution in [-0.2, 0) is 9.53 Å². The Kier molecular flexibility index (Phi) is 5.74. The third kappa shape index (κ3) is 5.17. The van der Waals surface area contributed by atoms with Gasteiger partial charge in [-0.05, 0) is 26.8 Å². The van der Waals surface area contributed by atoms with Gasteiger partial charge in [0.25, 0.3) is 5.91 Å². The van der Waals surface area contributed by atoms with Crippen molar-refractivity contribution < 1.29 is 23.8 Å². The van der Waals surface area contributed by atoms with E-state index in [9.17, 15) is 14.7 Å². The fourth-order valence-electron chi connectivity index (χ4n) is 1.87. The van der Waals surface area contributed by atoms with Gasteiger partial charge in [-0.2, -0.15) is 0 Å². The van der Waals surface area contributed by atoms with Crippen LogP contribution in [0.3, 0.4) is 0 Å². The molecule has 130 valence electrons. The predicted octanol–water partition coefficient (Wildman–Crippen LogP) is 2.79. The smallest absolute Gasteiger partial charge is 0.326 e. The highest BCUT2D eigenvalue weighted by molar-refractivity contribution is 7.13. The van der Waals surface area contributed by atoms with Crippen molar-refractivity contribution in [3.63, 3.8) is 0 Å². The number of rotatable bonds is 7. The van der Waals surface area contributed by atoms with Crippen molar-refractivity contribution >= 4 is 23.2 Å². The lowest BCUT2D eigenvalue weighted by molar-refractivity contribution is -0.140. The molecule has 2 aromatic rings. The molecule has 2 rings (SSSR count). The molecular formula is C16H20N2O5S. The molecule has 1 atom stereocenters. The fourth-order valence-corrected chi connectivity index (χ4v) is 2.66. The summed E-state index contributed by atoms with van der Waals surface area (Å²) in [6.45, 7) is 5.88. The Morgan fingerprint density at radius 3 is 2.79 bits per heavy atom. The second kappa shape index (κ2) is 7.59. The molecule has 1 unspecified atom stereocenters. The van der Waals surface area contributed by atoms with Crippen LogP contribution in [0.15, 0.2) is 28.4 Å². The number of carbonyl (C=O) groups excluding carboxylic acids is 1. The molecule has 0 aliphatic heterocycles. The van der Waals surface area contributed by atoms with Crippen molar-refractivity contribution in [2.75, 3.05) is 6.61 Å². The normalized spacial score (nSPS) is 12.8. The molecule has 24 heavy (non-hydrogen) atoms. The predicted molar refractivity (Wildman–Crippen MR) is 89.0 cm³/mol. The first-order chi connectivity index (χ1) is 11.3. The number of amides is 1. The summed E-state index contributed by atoms with van der Waals surface area (Å²) in [4.78, 5) is 27.7. The Bertz CT molecular complexity index is 688. The standard InChI is InChI=1S/C16H20N2O5S/c1-16(2,3)23-7-5-11(15(20)21)17-13(19)12-9-24-14(18-12)10-4-6-22-8-10/h4,6,8-9,11H,5,7H2,1-3H3,(H,17,19)(H,20,21). The molecule has 1 amide bonds. The van der Waals surface area contributed by atoms with Gasteiger partial charge in [-0.1, -0.05) is 0 Å². The van der Waals surface area contributed by atoms with E-state index in [4.69, 9.17) is 9.15 Å². The molecule has 0 saturated heterocycles. The number of hydrogen-bond acceptors (Lipinski definition) is 6. The fraction of sp³-hybridized carbons (Fsp3) is 0.438. The van der Waals surface area contributed by atoms with Gasteiger partial charge in [0.1, 0.15) is 23.0 Å². The summed E-state index contributed by atoms with van der Waals surface area (Å²) in [6.07, 6.45) is 3.23. The second-order valence-electron chi connectivity index (χ2n) is 6.16. The molecule has 0 aliphatic carbocycles. The third-order valence-corrected chi connectivity index (χ3v) is 3.94. The van der Waals surface area contributed by atoms with Crippen molar-refractivity contribution in [2.24, 2.45) is 0 Å². The molecule has 2 aromatic heterocycles. The summed E-state index contributed by atoms with van der Waals surface area (Å²) < 4.78 is 10.5. The number of thiazole rings is 1. The first-order valence-corrected chi connectivity index (χ1v) is 8.30. The maximum absolute atomic E-state index is 12.2. The molecular weight excluding hydrogens is 332 g/mol. The summed E-state index contributed by atoms with van der Waals surface area (Å²) >= 11 is 1.29. The van der Waals surface area contributed by atoms with Crippen LogP contribution < -0.4 is 5.32 Å². The minimum Gasteiger partial charge on any atom is -0.480 e. The highest BCUT2D eigenvalue weighted by Crippen LogP contribution is 2.23.